The Morgan fingerprint density at radius 2 is 1.92 bits per heavy atom. The molecular formula is C5H11N7S. The van der Waals surface area contributed by atoms with Crippen LogP contribution in [0, 0.1) is 0 Å². The highest BCUT2D eigenvalue weighted by molar-refractivity contribution is 7.80. The van der Waals surface area contributed by atoms with Crippen molar-refractivity contribution in [1.29, 1.82) is 0 Å². The normalized spacial score (nSPS) is 11.3. The van der Waals surface area contributed by atoms with Crippen LogP contribution >= 0.6 is 12.2 Å². The average molecular weight is 201 g/mol. The highest BCUT2D eigenvalue weighted by atomic mass is 32.1. The van der Waals surface area contributed by atoms with Crippen LogP contribution in [0.5, 0.6) is 0 Å². The summed E-state index contributed by atoms with van der Waals surface area (Å²) in [5.74, 6) is -0.116. The average Bonchev–Trinajstić information content (AvgIpc) is 2.00. The molecule has 0 heterocycles. The summed E-state index contributed by atoms with van der Waals surface area (Å²) >= 11 is 4.50. The minimum atomic E-state index is -0.116. The van der Waals surface area contributed by atoms with E-state index < -0.39 is 0 Å². The minimum absolute atomic E-state index is 0.0749. The molecule has 0 aromatic rings. The Kier molecular flexibility index (Phi) is 5.12. The van der Waals surface area contributed by atoms with Gasteiger partial charge in [-0.15, -0.1) is 5.10 Å². The third-order valence-corrected chi connectivity index (χ3v) is 0.841. The van der Waals surface area contributed by atoms with Gasteiger partial charge in [0.2, 0.25) is 5.96 Å². The highest BCUT2D eigenvalue weighted by Gasteiger charge is 1.84. The molecule has 0 aromatic carbocycles. The zero-order valence-corrected chi connectivity index (χ0v) is 7.88. The largest absolute Gasteiger partial charge is 0.375 e. The van der Waals surface area contributed by atoms with Gasteiger partial charge in [0, 0.05) is 0 Å². The van der Waals surface area contributed by atoms with Crippen molar-refractivity contribution < 1.29 is 0 Å². The summed E-state index contributed by atoms with van der Waals surface area (Å²) in [7, 11) is 0. The summed E-state index contributed by atoms with van der Waals surface area (Å²) < 4.78 is 0. The van der Waals surface area contributed by atoms with Crippen molar-refractivity contribution in [3.63, 3.8) is 0 Å². The molecule has 0 unspecified atom stereocenters. The molecule has 0 fully saturated rings. The molecule has 13 heavy (non-hydrogen) atoms. The Bertz CT molecular complexity index is 262. The summed E-state index contributed by atoms with van der Waals surface area (Å²) in [4.78, 5) is 0. The van der Waals surface area contributed by atoms with E-state index in [1.165, 1.54) is 6.21 Å². The lowest BCUT2D eigenvalue weighted by Gasteiger charge is -1.92. The molecule has 0 saturated heterocycles. The van der Waals surface area contributed by atoms with Gasteiger partial charge in [0.05, 0.1) is 11.9 Å². The van der Waals surface area contributed by atoms with Crippen molar-refractivity contribution in [3.8, 4) is 0 Å². The first-order valence-electron chi connectivity index (χ1n) is 3.24. The Hall–Kier alpha value is -1.70. The van der Waals surface area contributed by atoms with E-state index in [9.17, 15) is 0 Å². The number of guanidine groups is 1. The first-order chi connectivity index (χ1) is 6.02. The number of rotatable bonds is 3. The van der Waals surface area contributed by atoms with Gasteiger partial charge in [0.15, 0.2) is 5.11 Å². The summed E-state index contributed by atoms with van der Waals surface area (Å²) in [6.45, 7) is 1.66. The van der Waals surface area contributed by atoms with Crippen molar-refractivity contribution >= 4 is 35.2 Å². The monoisotopic (exact) mass is 201 g/mol. The van der Waals surface area contributed by atoms with E-state index in [1.54, 1.807) is 6.92 Å². The fraction of sp³-hybridized carbons (Fsp3) is 0.200. The molecule has 0 rings (SSSR count). The summed E-state index contributed by atoms with van der Waals surface area (Å²) in [5.41, 5.74) is 18.0. The first kappa shape index (κ1) is 11.3. The maximum Gasteiger partial charge on any atom is 0.211 e. The second-order valence-electron chi connectivity index (χ2n) is 2.00. The number of hydrazone groups is 1. The van der Waals surface area contributed by atoms with Gasteiger partial charge in [-0.2, -0.15) is 10.2 Å². The molecule has 0 saturated carbocycles. The molecule has 0 aliphatic rings. The maximum absolute atomic E-state index is 5.10. The lowest BCUT2D eigenvalue weighted by Crippen LogP contribution is -2.24. The number of nitrogens with two attached hydrogens (primary N) is 3. The van der Waals surface area contributed by atoms with Crippen LogP contribution in [-0.4, -0.2) is 23.0 Å². The Labute approximate surface area is 80.8 Å². The maximum atomic E-state index is 5.10. The van der Waals surface area contributed by atoms with E-state index in [0.29, 0.717) is 5.71 Å². The van der Waals surface area contributed by atoms with Gasteiger partial charge in [0.25, 0.3) is 0 Å². The third kappa shape index (κ3) is 8.20. The van der Waals surface area contributed by atoms with Crippen LogP contribution in [0.1, 0.15) is 6.92 Å². The lowest BCUT2D eigenvalue weighted by molar-refractivity contribution is 1.04. The fourth-order valence-electron chi connectivity index (χ4n) is 0.352. The third-order valence-electron chi connectivity index (χ3n) is 0.749. The number of hydrogen-bond donors (Lipinski definition) is 4. The van der Waals surface area contributed by atoms with Crippen LogP contribution in [0.25, 0.3) is 0 Å². The van der Waals surface area contributed by atoms with Crippen molar-refractivity contribution in [2.24, 2.45) is 32.5 Å². The second-order valence-corrected chi connectivity index (χ2v) is 2.44. The molecule has 72 valence electrons. The van der Waals surface area contributed by atoms with E-state index in [0.717, 1.165) is 0 Å². The summed E-state index contributed by atoms with van der Waals surface area (Å²) in [6, 6.07) is 0. The van der Waals surface area contributed by atoms with Gasteiger partial charge >= 0.3 is 0 Å². The van der Waals surface area contributed by atoms with Crippen molar-refractivity contribution in [2.75, 3.05) is 0 Å². The SMILES string of the molecule is CC(/C=N/NC(N)=S)=N\N=C(N)N. The van der Waals surface area contributed by atoms with Gasteiger partial charge in [-0.25, -0.2) is 0 Å². The number of thiocarbonyl (C=S) groups is 1. The predicted molar refractivity (Wildman–Crippen MR) is 57.3 cm³/mol. The predicted octanol–water partition coefficient (Wildman–Crippen LogP) is -1.55. The van der Waals surface area contributed by atoms with Gasteiger partial charge in [-0.05, 0) is 19.1 Å². The van der Waals surface area contributed by atoms with Crippen LogP contribution in [0.2, 0.25) is 0 Å². The Morgan fingerprint density at radius 3 is 2.38 bits per heavy atom. The second kappa shape index (κ2) is 5.89. The molecule has 0 radical (unpaired) electrons. The van der Waals surface area contributed by atoms with Gasteiger partial charge in [-0.3, -0.25) is 5.43 Å². The molecule has 0 aliphatic carbocycles. The van der Waals surface area contributed by atoms with Crippen LogP contribution in [0.3, 0.4) is 0 Å². The zero-order chi connectivity index (χ0) is 10.3. The quantitative estimate of drug-likeness (QED) is 0.190. The van der Waals surface area contributed by atoms with Crippen molar-refractivity contribution in [2.45, 2.75) is 6.92 Å². The molecule has 7 nitrogen and oxygen atoms in total. The minimum Gasteiger partial charge on any atom is -0.375 e. The number of hydrogen-bond acceptors (Lipinski definition) is 4. The smallest absolute Gasteiger partial charge is 0.211 e. The Balaban J connectivity index is 4.06. The molecule has 7 N–H and O–H groups in total. The standard InChI is InChI=1S/C5H11N7S/c1-3(10-11-4(6)7)2-9-12-5(8)13/h2H,1H3,(H4,6,7,11)(H3,8,12,13)/b9-2+,10-3+. The van der Waals surface area contributed by atoms with Gasteiger partial charge < -0.3 is 17.2 Å². The van der Waals surface area contributed by atoms with Crippen molar-refractivity contribution in [1.82, 2.24) is 5.43 Å². The molecule has 8 heteroatoms. The first-order valence-corrected chi connectivity index (χ1v) is 3.65. The molecule has 0 aromatic heterocycles. The van der Waals surface area contributed by atoms with Crippen molar-refractivity contribution in [3.05, 3.63) is 0 Å². The summed E-state index contributed by atoms with van der Waals surface area (Å²) in [6.07, 6.45) is 1.38. The lowest BCUT2D eigenvalue weighted by atomic mass is 10.5. The highest BCUT2D eigenvalue weighted by Crippen LogP contribution is 1.75. The van der Waals surface area contributed by atoms with E-state index in [1.807, 2.05) is 0 Å². The molecule has 0 bridgehead atoms. The van der Waals surface area contributed by atoms with E-state index in [2.05, 4.69) is 32.9 Å². The molecule has 0 aliphatic heterocycles. The molecular weight excluding hydrogens is 190 g/mol. The fourth-order valence-corrected chi connectivity index (χ4v) is 0.404. The van der Waals surface area contributed by atoms with Gasteiger partial charge in [0.1, 0.15) is 0 Å². The molecule has 0 amide bonds. The van der Waals surface area contributed by atoms with Crippen LogP contribution in [0.15, 0.2) is 15.3 Å². The van der Waals surface area contributed by atoms with E-state index >= 15 is 0 Å². The van der Waals surface area contributed by atoms with Gasteiger partial charge in [-0.1, -0.05) is 0 Å². The van der Waals surface area contributed by atoms with Crippen LogP contribution in [-0.2, 0) is 0 Å². The Morgan fingerprint density at radius 1 is 1.31 bits per heavy atom. The van der Waals surface area contributed by atoms with Crippen LogP contribution < -0.4 is 22.6 Å². The van der Waals surface area contributed by atoms with E-state index in [-0.39, 0.29) is 11.1 Å². The molecule has 0 spiro atoms. The number of nitrogens with one attached hydrogen (secondary N) is 1. The number of nitrogens with zero attached hydrogens (tertiary/aromatic N) is 3. The summed E-state index contributed by atoms with van der Waals surface area (Å²) in [5, 5.41) is 10.7. The van der Waals surface area contributed by atoms with Crippen LogP contribution in [0.4, 0.5) is 0 Å². The van der Waals surface area contributed by atoms with E-state index in [4.69, 9.17) is 17.2 Å². The molecule has 0 atom stereocenters. The zero-order valence-electron chi connectivity index (χ0n) is 7.06. The topological polar surface area (TPSA) is 127 Å².